The standard InChI is InChI=1S/C19H36O/c1-3-5-6-8-16-11-13-17(14-12-16)18-9-7-10-19(15-18)20-4-2/h16-19H,3-15H2,1-2H3. The van der Waals surface area contributed by atoms with Crippen molar-refractivity contribution in [1.82, 2.24) is 0 Å². The smallest absolute Gasteiger partial charge is 0.0577 e. The Balaban J connectivity index is 1.67. The fourth-order valence-corrected chi connectivity index (χ4v) is 4.63. The summed E-state index contributed by atoms with van der Waals surface area (Å²) in [5.74, 6) is 3.07. The summed E-state index contributed by atoms with van der Waals surface area (Å²) in [7, 11) is 0. The molecule has 0 bridgehead atoms. The number of ether oxygens (including phenoxy) is 1. The highest BCUT2D eigenvalue weighted by Crippen LogP contribution is 2.41. The molecule has 2 saturated carbocycles. The van der Waals surface area contributed by atoms with Crippen LogP contribution in [0.4, 0.5) is 0 Å². The van der Waals surface area contributed by atoms with Crippen LogP contribution in [0.5, 0.6) is 0 Å². The van der Waals surface area contributed by atoms with E-state index in [1.165, 1.54) is 77.0 Å². The second kappa shape index (κ2) is 9.07. The van der Waals surface area contributed by atoms with Crippen molar-refractivity contribution in [2.24, 2.45) is 17.8 Å². The van der Waals surface area contributed by atoms with Gasteiger partial charge in [-0.25, -0.2) is 0 Å². The first-order valence-corrected chi connectivity index (χ1v) is 9.45. The van der Waals surface area contributed by atoms with E-state index in [0.717, 1.165) is 24.4 Å². The molecule has 0 aromatic carbocycles. The lowest BCUT2D eigenvalue weighted by Gasteiger charge is -2.38. The van der Waals surface area contributed by atoms with Crippen LogP contribution in [0.15, 0.2) is 0 Å². The van der Waals surface area contributed by atoms with E-state index < -0.39 is 0 Å². The molecule has 1 heteroatoms. The molecule has 2 unspecified atom stereocenters. The van der Waals surface area contributed by atoms with Gasteiger partial charge in [-0.2, -0.15) is 0 Å². The molecule has 0 amide bonds. The molecule has 0 heterocycles. The van der Waals surface area contributed by atoms with Crippen LogP contribution in [0.1, 0.15) is 90.9 Å². The zero-order valence-corrected chi connectivity index (χ0v) is 13.9. The minimum absolute atomic E-state index is 0.584. The van der Waals surface area contributed by atoms with Gasteiger partial charge in [-0.3, -0.25) is 0 Å². The van der Waals surface area contributed by atoms with Crippen molar-refractivity contribution < 1.29 is 4.74 Å². The Morgan fingerprint density at radius 2 is 1.65 bits per heavy atom. The van der Waals surface area contributed by atoms with E-state index in [1.54, 1.807) is 0 Å². The van der Waals surface area contributed by atoms with Crippen molar-refractivity contribution in [3.63, 3.8) is 0 Å². The summed E-state index contributed by atoms with van der Waals surface area (Å²) in [6.45, 7) is 5.36. The second-order valence-electron chi connectivity index (χ2n) is 7.28. The maximum Gasteiger partial charge on any atom is 0.0577 e. The zero-order chi connectivity index (χ0) is 14.2. The van der Waals surface area contributed by atoms with Crippen molar-refractivity contribution in [1.29, 1.82) is 0 Å². The summed E-state index contributed by atoms with van der Waals surface area (Å²) < 4.78 is 5.89. The largest absolute Gasteiger partial charge is 0.378 e. The lowest BCUT2D eigenvalue weighted by Crippen LogP contribution is -2.30. The summed E-state index contributed by atoms with van der Waals surface area (Å²) in [4.78, 5) is 0. The predicted molar refractivity (Wildman–Crippen MR) is 87.0 cm³/mol. The zero-order valence-electron chi connectivity index (χ0n) is 13.9. The van der Waals surface area contributed by atoms with Crippen LogP contribution in [0.3, 0.4) is 0 Å². The Bertz CT molecular complexity index is 240. The van der Waals surface area contributed by atoms with Crippen molar-refractivity contribution in [3.8, 4) is 0 Å². The van der Waals surface area contributed by atoms with Crippen LogP contribution < -0.4 is 0 Å². The van der Waals surface area contributed by atoms with E-state index in [0.29, 0.717) is 6.10 Å². The Labute approximate surface area is 126 Å². The van der Waals surface area contributed by atoms with Gasteiger partial charge in [0.15, 0.2) is 0 Å². The van der Waals surface area contributed by atoms with E-state index in [4.69, 9.17) is 4.74 Å². The third kappa shape index (κ3) is 5.06. The van der Waals surface area contributed by atoms with Crippen LogP contribution in [-0.4, -0.2) is 12.7 Å². The van der Waals surface area contributed by atoms with E-state index in [1.807, 2.05) is 0 Å². The Morgan fingerprint density at radius 1 is 0.850 bits per heavy atom. The first-order valence-electron chi connectivity index (χ1n) is 9.45. The molecule has 20 heavy (non-hydrogen) atoms. The molecular weight excluding hydrogens is 244 g/mol. The SMILES string of the molecule is CCCCCC1CCC(C2CCCC(OCC)C2)CC1. The van der Waals surface area contributed by atoms with Crippen molar-refractivity contribution in [2.75, 3.05) is 6.61 Å². The molecular formula is C19H36O. The molecule has 0 spiro atoms. The number of unbranched alkanes of at least 4 members (excludes halogenated alkanes) is 2. The quantitative estimate of drug-likeness (QED) is 0.522. The molecule has 0 aromatic rings. The summed E-state index contributed by atoms with van der Waals surface area (Å²) in [6.07, 6.45) is 18.0. The summed E-state index contributed by atoms with van der Waals surface area (Å²) >= 11 is 0. The molecule has 0 N–H and O–H groups in total. The Hall–Kier alpha value is -0.0400. The highest BCUT2D eigenvalue weighted by molar-refractivity contribution is 4.82. The summed E-state index contributed by atoms with van der Waals surface area (Å²) in [5, 5.41) is 0. The molecule has 1 nitrogen and oxygen atoms in total. The van der Waals surface area contributed by atoms with Gasteiger partial charge in [0.1, 0.15) is 0 Å². The minimum Gasteiger partial charge on any atom is -0.378 e. The van der Waals surface area contributed by atoms with Gasteiger partial charge in [0.25, 0.3) is 0 Å². The van der Waals surface area contributed by atoms with Crippen LogP contribution in [0.2, 0.25) is 0 Å². The fourth-order valence-electron chi connectivity index (χ4n) is 4.63. The molecule has 0 saturated heterocycles. The molecule has 118 valence electrons. The normalized spacial score (nSPS) is 35.1. The van der Waals surface area contributed by atoms with Gasteiger partial charge < -0.3 is 4.74 Å². The van der Waals surface area contributed by atoms with E-state index in [-0.39, 0.29) is 0 Å². The molecule has 0 aromatic heterocycles. The molecule has 2 aliphatic rings. The minimum atomic E-state index is 0.584. The van der Waals surface area contributed by atoms with E-state index >= 15 is 0 Å². The Morgan fingerprint density at radius 3 is 2.35 bits per heavy atom. The molecule has 2 atom stereocenters. The van der Waals surface area contributed by atoms with Gasteiger partial charge in [-0.15, -0.1) is 0 Å². The second-order valence-corrected chi connectivity index (χ2v) is 7.28. The molecule has 2 aliphatic carbocycles. The maximum atomic E-state index is 5.89. The first kappa shape index (κ1) is 16.3. The third-order valence-electron chi connectivity index (χ3n) is 5.84. The average Bonchev–Trinajstić information content (AvgIpc) is 2.49. The predicted octanol–water partition coefficient (Wildman–Crippen LogP) is 5.97. The molecule has 0 aliphatic heterocycles. The highest BCUT2D eigenvalue weighted by atomic mass is 16.5. The molecule has 2 fully saturated rings. The van der Waals surface area contributed by atoms with Crippen LogP contribution >= 0.6 is 0 Å². The van der Waals surface area contributed by atoms with Crippen molar-refractivity contribution in [3.05, 3.63) is 0 Å². The summed E-state index contributed by atoms with van der Waals surface area (Å²) in [6, 6.07) is 0. The number of rotatable bonds is 7. The topological polar surface area (TPSA) is 9.23 Å². The average molecular weight is 280 g/mol. The first-order chi connectivity index (χ1) is 9.83. The van der Waals surface area contributed by atoms with Crippen molar-refractivity contribution >= 4 is 0 Å². The summed E-state index contributed by atoms with van der Waals surface area (Å²) in [5.41, 5.74) is 0. The van der Waals surface area contributed by atoms with Crippen molar-refractivity contribution in [2.45, 2.75) is 97.0 Å². The van der Waals surface area contributed by atoms with E-state index in [9.17, 15) is 0 Å². The van der Waals surface area contributed by atoms with Gasteiger partial charge in [-0.1, -0.05) is 51.9 Å². The fraction of sp³-hybridized carbons (Fsp3) is 1.00. The van der Waals surface area contributed by atoms with Gasteiger partial charge >= 0.3 is 0 Å². The Kier molecular flexibility index (Phi) is 7.41. The van der Waals surface area contributed by atoms with Gasteiger partial charge in [0, 0.05) is 6.61 Å². The number of hydrogen-bond donors (Lipinski definition) is 0. The van der Waals surface area contributed by atoms with Gasteiger partial charge in [-0.05, 0) is 56.8 Å². The monoisotopic (exact) mass is 280 g/mol. The lowest BCUT2D eigenvalue weighted by molar-refractivity contribution is 0.00394. The lowest BCUT2D eigenvalue weighted by atomic mass is 9.70. The van der Waals surface area contributed by atoms with Gasteiger partial charge in [0.05, 0.1) is 6.10 Å². The van der Waals surface area contributed by atoms with Gasteiger partial charge in [0.2, 0.25) is 0 Å². The molecule has 0 radical (unpaired) electrons. The third-order valence-corrected chi connectivity index (χ3v) is 5.84. The van der Waals surface area contributed by atoms with Crippen LogP contribution in [0.25, 0.3) is 0 Å². The highest BCUT2D eigenvalue weighted by Gasteiger charge is 2.31. The van der Waals surface area contributed by atoms with Crippen LogP contribution in [0, 0.1) is 17.8 Å². The number of hydrogen-bond acceptors (Lipinski definition) is 1. The van der Waals surface area contributed by atoms with Crippen LogP contribution in [-0.2, 0) is 4.74 Å². The molecule has 2 rings (SSSR count). The van der Waals surface area contributed by atoms with E-state index in [2.05, 4.69) is 13.8 Å². The maximum absolute atomic E-state index is 5.89.